The first-order valence-corrected chi connectivity index (χ1v) is 11.4. The van der Waals surface area contributed by atoms with Crippen LogP contribution in [-0.2, 0) is 5.41 Å². The summed E-state index contributed by atoms with van der Waals surface area (Å²) in [4.78, 5) is 28.3. The Morgan fingerprint density at radius 1 is 1.06 bits per heavy atom. The summed E-state index contributed by atoms with van der Waals surface area (Å²) in [7, 11) is 0. The number of aromatic nitrogens is 3. The number of phenols is 1. The minimum atomic E-state index is -0.802. The Morgan fingerprint density at radius 3 is 2.47 bits per heavy atom. The van der Waals surface area contributed by atoms with Crippen LogP contribution in [0.5, 0.6) is 17.2 Å². The molecule has 4 rings (SSSR count). The number of benzene rings is 2. The number of halogens is 2. The molecule has 0 spiro atoms. The number of anilines is 2. The van der Waals surface area contributed by atoms with Crippen molar-refractivity contribution < 1.29 is 19.4 Å². The van der Waals surface area contributed by atoms with E-state index >= 15 is 0 Å². The van der Waals surface area contributed by atoms with Gasteiger partial charge in [-0.05, 0) is 24.3 Å². The molecule has 186 valence electrons. The fourth-order valence-electron chi connectivity index (χ4n) is 3.31. The van der Waals surface area contributed by atoms with Gasteiger partial charge in [-0.15, -0.1) is 0 Å². The van der Waals surface area contributed by atoms with E-state index in [2.05, 4.69) is 25.8 Å². The molecule has 0 aliphatic carbocycles. The number of aromatic amines is 1. The topological polar surface area (TPSA) is 155 Å². The highest BCUT2D eigenvalue weighted by molar-refractivity contribution is 6.45. The lowest BCUT2D eigenvalue weighted by atomic mass is 9.92. The van der Waals surface area contributed by atoms with Gasteiger partial charge in [0.05, 0.1) is 21.8 Å². The van der Waals surface area contributed by atoms with Crippen LogP contribution >= 0.6 is 23.2 Å². The number of amides is 3. The highest BCUT2D eigenvalue weighted by atomic mass is 35.5. The molecule has 0 bridgehead atoms. The van der Waals surface area contributed by atoms with E-state index in [9.17, 15) is 14.7 Å². The van der Waals surface area contributed by atoms with Crippen LogP contribution in [0, 0.1) is 0 Å². The molecule has 12 heteroatoms. The molecule has 10 nitrogen and oxygen atoms in total. The molecule has 36 heavy (non-hydrogen) atoms. The van der Waals surface area contributed by atoms with Crippen molar-refractivity contribution in [3.05, 3.63) is 63.9 Å². The molecule has 2 aromatic carbocycles. The first-order valence-electron chi connectivity index (χ1n) is 10.7. The summed E-state index contributed by atoms with van der Waals surface area (Å²) in [5.74, 6) is -0.254. The summed E-state index contributed by atoms with van der Waals surface area (Å²) in [6, 6.07) is 8.48. The third-order valence-corrected chi connectivity index (χ3v) is 6.09. The van der Waals surface area contributed by atoms with E-state index in [4.69, 9.17) is 33.7 Å². The molecule has 0 fully saturated rings. The molecule has 6 N–H and O–H groups in total. The van der Waals surface area contributed by atoms with E-state index in [1.807, 2.05) is 20.8 Å². The molecule has 0 aliphatic heterocycles. The second kappa shape index (κ2) is 9.56. The maximum Gasteiger partial charge on any atom is 0.324 e. The van der Waals surface area contributed by atoms with Gasteiger partial charge in [0, 0.05) is 34.8 Å². The summed E-state index contributed by atoms with van der Waals surface area (Å²) in [6.07, 6.45) is 1.47. The number of primary amides is 1. The molecule has 2 aromatic heterocycles. The van der Waals surface area contributed by atoms with Crippen LogP contribution in [0.4, 0.5) is 16.3 Å². The van der Waals surface area contributed by atoms with Crippen LogP contribution in [-0.4, -0.2) is 32.2 Å². The van der Waals surface area contributed by atoms with Crippen molar-refractivity contribution in [3.63, 3.8) is 0 Å². The molecule has 0 unspecified atom stereocenters. The molecule has 0 saturated carbocycles. The number of pyridine rings is 1. The number of nitrogens with two attached hydrogens (primary N) is 1. The van der Waals surface area contributed by atoms with Gasteiger partial charge >= 0.3 is 6.03 Å². The normalized spacial score (nSPS) is 11.4. The minimum absolute atomic E-state index is 0.0446. The zero-order valence-corrected chi connectivity index (χ0v) is 21.0. The lowest BCUT2D eigenvalue weighted by Crippen LogP contribution is -2.20. The Balaban J connectivity index is 1.55. The van der Waals surface area contributed by atoms with Crippen LogP contribution in [0.3, 0.4) is 0 Å². The lowest BCUT2D eigenvalue weighted by Gasteiger charge is -2.15. The highest BCUT2D eigenvalue weighted by Gasteiger charge is 2.19. The molecule has 4 aromatic rings. The molecule has 3 amide bonds. The lowest BCUT2D eigenvalue weighted by molar-refractivity contribution is 0.0998. The van der Waals surface area contributed by atoms with Crippen LogP contribution in [0.15, 0.2) is 42.6 Å². The van der Waals surface area contributed by atoms with Crippen molar-refractivity contribution in [1.29, 1.82) is 0 Å². The first kappa shape index (κ1) is 25.1. The average molecular weight is 529 g/mol. The fourth-order valence-corrected chi connectivity index (χ4v) is 3.71. The summed E-state index contributed by atoms with van der Waals surface area (Å²) in [5, 5.41) is 22.8. The van der Waals surface area contributed by atoms with Crippen LogP contribution < -0.4 is 21.1 Å². The van der Waals surface area contributed by atoms with E-state index in [1.165, 1.54) is 30.5 Å². The number of H-pyrrole nitrogens is 1. The van der Waals surface area contributed by atoms with E-state index in [0.717, 1.165) is 5.69 Å². The number of nitrogens with one attached hydrogen (secondary N) is 3. The van der Waals surface area contributed by atoms with Crippen LogP contribution in [0.2, 0.25) is 10.0 Å². The number of carbonyl (C=O) groups excluding carboxylic acids is 2. The van der Waals surface area contributed by atoms with Crippen LogP contribution in [0.1, 0.15) is 36.8 Å². The number of nitrogens with zero attached hydrogens (tertiary/aromatic N) is 2. The predicted octanol–water partition coefficient (Wildman–Crippen LogP) is 5.80. The minimum Gasteiger partial charge on any atom is -0.507 e. The van der Waals surface area contributed by atoms with E-state index in [0.29, 0.717) is 22.5 Å². The summed E-state index contributed by atoms with van der Waals surface area (Å²) in [5.41, 5.74) is 6.58. The van der Waals surface area contributed by atoms with Gasteiger partial charge in [-0.2, -0.15) is 5.10 Å². The number of fused-ring (bicyclic) bond motifs is 1. The third-order valence-electron chi connectivity index (χ3n) is 5.23. The van der Waals surface area contributed by atoms with Crippen molar-refractivity contribution in [2.45, 2.75) is 26.2 Å². The van der Waals surface area contributed by atoms with Gasteiger partial charge < -0.3 is 20.9 Å². The summed E-state index contributed by atoms with van der Waals surface area (Å²) >= 11 is 12.8. The summed E-state index contributed by atoms with van der Waals surface area (Å²) < 4.78 is 5.94. The average Bonchev–Trinajstić information content (AvgIpc) is 3.27. The quantitative estimate of drug-likeness (QED) is 0.220. The molecule has 0 saturated heterocycles. The molecule has 0 radical (unpaired) electrons. The third kappa shape index (κ3) is 5.14. The van der Waals surface area contributed by atoms with Crippen molar-refractivity contribution >= 4 is 57.5 Å². The van der Waals surface area contributed by atoms with E-state index < -0.39 is 11.9 Å². The zero-order valence-electron chi connectivity index (χ0n) is 19.4. The molecule has 2 heterocycles. The Bertz CT molecular complexity index is 1500. The maximum absolute atomic E-state index is 12.5. The van der Waals surface area contributed by atoms with Crippen molar-refractivity contribution in [2.75, 3.05) is 10.6 Å². The maximum atomic E-state index is 12.5. The summed E-state index contributed by atoms with van der Waals surface area (Å²) in [6.45, 7) is 6.06. The van der Waals surface area contributed by atoms with E-state index in [-0.39, 0.29) is 38.2 Å². The fraction of sp³-hybridized carbons (Fsp3) is 0.167. The largest absolute Gasteiger partial charge is 0.507 e. The number of aromatic hydroxyl groups is 1. The smallest absolute Gasteiger partial charge is 0.324 e. The first-order chi connectivity index (χ1) is 16.9. The number of hydrogen-bond donors (Lipinski definition) is 5. The van der Waals surface area contributed by atoms with Gasteiger partial charge in [0.2, 0.25) is 0 Å². The Morgan fingerprint density at radius 2 is 1.81 bits per heavy atom. The zero-order chi connectivity index (χ0) is 26.2. The SMILES string of the molecule is CC(C)(C)c1cc(NC(=O)Nc2ccc(Oc3ccnc4cc(O)c(C(N)=O)cc34)c(Cl)c2Cl)n[nH]1. The number of ether oxygens (including phenoxy) is 1. The van der Waals surface area contributed by atoms with Gasteiger partial charge in [-0.3, -0.25) is 20.2 Å². The molecule has 0 aliphatic rings. The van der Waals surface area contributed by atoms with Crippen molar-refractivity contribution in [2.24, 2.45) is 5.73 Å². The highest BCUT2D eigenvalue weighted by Crippen LogP contribution is 2.41. The monoisotopic (exact) mass is 528 g/mol. The van der Waals surface area contributed by atoms with Gasteiger partial charge in [-0.1, -0.05) is 44.0 Å². The standard InChI is InChI=1S/C24H22Cl2N6O4/c1-24(2,3)18-10-19(32-31-18)30-23(35)29-13-4-5-17(21(26)20(13)25)36-16-6-7-28-14-9-15(33)12(22(27)34)8-11(14)16/h4-10,33H,1-3H3,(H2,27,34)(H3,29,30,31,32,35). The number of hydrogen-bond acceptors (Lipinski definition) is 6. The second-order valence-corrected chi connectivity index (χ2v) is 9.65. The molecule has 0 atom stereocenters. The number of carbonyl (C=O) groups is 2. The number of urea groups is 1. The molecular formula is C24H22Cl2N6O4. The molecular weight excluding hydrogens is 507 g/mol. The second-order valence-electron chi connectivity index (χ2n) is 8.90. The van der Waals surface area contributed by atoms with Crippen molar-refractivity contribution in [1.82, 2.24) is 15.2 Å². The van der Waals surface area contributed by atoms with Gasteiger partial charge in [0.1, 0.15) is 22.3 Å². The Hall–Kier alpha value is -4.02. The van der Waals surface area contributed by atoms with Crippen LogP contribution in [0.25, 0.3) is 10.9 Å². The number of rotatable bonds is 5. The van der Waals surface area contributed by atoms with E-state index in [1.54, 1.807) is 12.1 Å². The van der Waals surface area contributed by atoms with Gasteiger partial charge in [0.15, 0.2) is 5.82 Å². The van der Waals surface area contributed by atoms with Gasteiger partial charge in [-0.25, -0.2) is 4.79 Å². The van der Waals surface area contributed by atoms with Crippen molar-refractivity contribution in [3.8, 4) is 17.2 Å². The predicted molar refractivity (Wildman–Crippen MR) is 138 cm³/mol. The van der Waals surface area contributed by atoms with Gasteiger partial charge in [0.25, 0.3) is 5.91 Å². The Labute approximate surface area is 215 Å². The Kier molecular flexibility index (Phi) is 6.66.